The highest BCUT2D eigenvalue weighted by Gasteiger charge is 2.53. The molecule has 2 saturated heterocycles. The molecule has 350 valence electrons. The summed E-state index contributed by atoms with van der Waals surface area (Å²) in [5, 5.41) is 5.59. The van der Waals surface area contributed by atoms with Gasteiger partial charge in [0.25, 0.3) is 0 Å². The zero-order valence-corrected chi connectivity index (χ0v) is 39.3. The maximum atomic E-state index is 14.2. The van der Waals surface area contributed by atoms with Crippen molar-refractivity contribution < 1.29 is 28.7 Å². The smallest absolute Gasteiger partial charge is 0.407 e. The number of imidazole rings is 2. The van der Waals surface area contributed by atoms with Crippen molar-refractivity contribution >= 4 is 35.0 Å². The highest BCUT2D eigenvalue weighted by atomic mass is 16.5. The van der Waals surface area contributed by atoms with Crippen molar-refractivity contribution in [2.24, 2.45) is 23.7 Å². The Bertz CT molecular complexity index is 2760. The van der Waals surface area contributed by atoms with Crippen LogP contribution >= 0.6 is 0 Å². The van der Waals surface area contributed by atoms with Crippen LogP contribution in [0.1, 0.15) is 132 Å². The zero-order chi connectivity index (χ0) is 46.4. The number of methoxy groups -OCH3 is 2. The van der Waals surface area contributed by atoms with Gasteiger partial charge < -0.3 is 39.9 Å². The topological polar surface area (TPSA) is 175 Å². The molecule has 4 aliphatic carbocycles. The first-order valence-corrected chi connectivity index (χ1v) is 24.6. The number of nitrogens with zero attached hydrogens (tertiary/aromatic N) is 4. The van der Waals surface area contributed by atoms with Crippen LogP contribution in [0.3, 0.4) is 0 Å². The van der Waals surface area contributed by atoms with E-state index in [1.54, 1.807) is 0 Å². The maximum absolute atomic E-state index is 14.2. The number of aromatic amines is 2. The SMILES string of the molecule is COC(=O)N[C@H](C(=O)N1C2CCC(C2)[C@H]1c1ncc(-c2ccc(-c3ccc(-c4ccc5nc([C@@H]6C7CCC(C7)N6C(=O)[C@@H](NC(=O)OC)C(C)C)[nH]c5c4)c4c3C3CCC4C3)cc2)[nH]1)C(C)C. The second kappa shape index (κ2) is 16.9. The number of hydrogen-bond donors (Lipinski definition) is 4. The van der Waals surface area contributed by atoms with Crippen LogP contribution in [0.4, 0.5) is 9.59 Å². The Hall–Kier alpha value is -6.18. The van der Waals surface area contributed by atoms with Gasteiger partial charge in [-0.2, -0.15) is 0 Å². The second-order valence-electron chi connectivity index (χ2n) is 20.9. The van der Waals surface area contributed by atoms with Crippen LogP contribution in [0, 0.1) is 23.7 Å². The van der Waals surface area contributed by atoms with E-state index in [2.05, 4.69) is 75.2 Å². The Morgan fingerprint density at radius 1 is 0.627 bits per heavy atom. The standard InChI is InChI=1S/C53H62N8O6/c1-26(2)44(58-52(64)66-5)50(62)60-35-16-13-33(22-35)46(60)48-54-25-41(57-48)29-9-7-28(8-10-29)37-18-19-38(43-32-12-11-31(21-32)42(37)43)30-15-20-39-40(24-30)56-49(55-39)47-34-14-17-36(23-34)61(47)51(63)45(27(3)4)59-53(65)67-6/h7-10,15,18-20,24-27,31-36,44-47H,11-14,16-17,21-23H2,1-6H3,(H,54,57)(H,55,56)(H,58,64)(H,59,65)/t31?,32?,33?,34?,35?,36?,44-,45-,46-,47-/m0/s1. The molecule has 3 aromatic carbocycles. The minimum Gasteiger partial charge on any atom is -0.453 e. The monoisotopic (exact) mass is 906 g/mol. The van der Waals surface area contributed by atoms with Crippen LogP contribution < -0.4 is 10.6 Å². The van der Waals surface area contributed by atoms with Crippen LogP contribution in [0.5, 0.6) is 0 Å². The number of likely N-dealkylation sites (tertiary alicyclic amines) is 2. The van der Waals surface area contributed by atoms with E-state index >= 15 is 0 Å². The number of ether oxygens (including phenoxy) is 2. The quantitative estimate of drug-likeness (QED) is 0.101. The normalized spacial score (nSPS) is 26.4. The lowest BCUT2D eigenvalue weighted by Crippen LogP contribution is -2.54. The number of piperidine rings is 2. The molecule has 5 fully saturated rings. The van der Waals surface area contributed by atoms with Gasteiger partial charge in [0.1, 0.15) is 23.7 Å². The average molecular weight is 907 g/mol. The predicted molar refractivity (Wildman–Crippen MR) is 254 cm³/mol. The zero-order valence-electron chi connectivity index (χ0n) is 39.3. The highest BCUT2D eigenvalue weighted by molar-refractivity contribution is 5.89. The van der Waals surface area contributed by atoms with Crippen molar-refractivity contribution in [1.29, 1.82) is 0 Å². The Labute approximate surface area is 391 Å². The number of carbonyl (C=O) groups excluding carboxylic acids is 4. The molecule has 2 aromatic heterocycles. The first-order valence-electron chi connectivity index (χ1n) is 24.6. The summed E-state index contributed by atoms with van der Waals surface area (Å²) in [7, 11) is 2.64. The van der Waals surface area contributed by atoms with Crippen molar-refractivity contribution in [2.45, 2.75) is 134 Å². The number of rotatable bonds is 11. The summed E-state index contributed by atoms with van der Waals surface area (Å²) in [6, 6.07) is 18.5. The molecule has 4 heterocycles. The largest absolute Gasteiger partial charge is 0.453 e. The number of aromatic nitrogens is 4. The number of benzene rings is 3. The molecule has 67 heavy (non-hydrogen) atoms. The fourth-order valence-electron chi connectivity index (χ4n) is 13.4. The molecule has 4 amide bonds. The summed E-state index contributed by atoms with van der Waals surface area (Å²) in [6.45, 7) is 7.79. The summed E-state index contributed by atoms with van der Waals surface area (Å²) in [5.74, 6) is 2.94. The fraction of sp³-hybridized carbons (Fsp3) is 0.509. The Morgan fingerprint density at radius 2 is 1.15 bits per heavy atom. The minimum atomic E-state index is -0.681. The van der Waals surface area contributed by atoms with E-state index in [0.29, 0.717) is 23.7 Å². The molecule has 14 heteroatoms. The van der Waals surface area contributed by atoms with E-state index in [9.17, 15) is 19.2 Å². The Balaban J connectivity index is 0.853. The van der Waals surface area contributed by atoms with Crippen LogP contribution in [0.15, 0.2) is 60.8 Å². The first kappa shape index (κ1) is 43.4. The van der Waals surface area contributed by atoms with Gasteiger partial charge in [-0.05, 0) is 144 Å². The predicted octanol–water partition coefficient (Wildman–Crippen LogP) is 9.52. The molecule has 3 saturated carbocycles. The van der Waals surface area contributed by atoms with Gasteiger partial charge in [-0.3, -0.25) is 9.59 Å². The van der Waals surface area contributed by atoms with Gasteiger partial charge in [0.05, 0.1) is 49.2 Å². The van der Waals surface area contributed by atoms with Gasteiger partial charge in [0.15, 0.2) is 0 Å². The van der Waals surface area contributed by atoms with E-state index in [1.165, 1.54) is 66.9 Å². The number of amides is 4. The van der Waals surface area contributed by atoms with Crippen molar-refractivity contribution in [3.8, 4) is 33.5 Å². The van der Waals surface area contributed by atoms with E-state index < -0.39 is 24.3 Å². The van der Waals surface area contributed by atoms with Crippen LogP contribution in [0.25, 0.3) is 44.5 Å². The molecule has 6 unspecified atom stereocenters. The van der Waals surface area contributed by atoms with E-state index in [4.69, 9.17) is 19.4 Å². The first-order chi connectivity index (χ1) is 32.4. The molecule has 10 atom stereocenters. The third kappa shape index (κ3) is 7.27. The van der Waals surface area contributed by atoms with Gasteiger partial charge in [0, 0.05) is 12.1 Å². The van der Waals surface area contributed by atoms with Gasteiger partial charge in [-0.1, -0.05) is 70.2 Å². The molecule has 0 radical (unpaired) electrons. The summed E-state index contributed by atoms with van der Waals surface area (Å²) in [6.07, 6.45) is 10.2. The molecular formula is C53H62N8O6. The van der Waals surface area contributed by atoms with Gasteiger partial charge in [-0.25, -0.2) is 19.6 Å². The molecule has 5 aromatic rings. The van der Waals surface area contributed by atoms with E-state index in [0.717, 1.165) is 72.5 Å². The Kier molecular flexibility index (Phi) is 10.9. The number of carbonyl (C=O) groups is 4. The number of alkyl carbamates (subject to hydrolysis) is 2. The molecule has 0 spiro atoms. The van der Waals surface area contributed by atoms with Gasteiger partial charge in [-0.15, -0.1) is 0 Å². The molecule has 11 rings (SSSR count). The van der Waals surface area contributed by atoms with Crippen molar-refractivity contribution in [1.82, 2.24) is 40.4 Å². The number of H-pyrrole nitrogens is 2. The third-order valence-corrected chi connectivity index (χ3v) is 16.5. The van der Waals surface area contributed by atoms with Crippen molar-refractivity contribution in [2.75, 3.05) is 14.2 Å². The number of hydrogen-bond acceptors (Lipinski definition) is 8. The maximum Gasteiger partial charge on any atom is 0.407 e. The lowest BCUT2D eigenvalue weighted by molar-refractivity contribution is -0.140. The van der Waals surface area contributed by atoms with Crippen molar-refractivity contribution in [3.63, 3.8) is 0 Å². The fourth-order valence-corrected chi connectivity index (χ4v) is 13.4. The van der Waals surface area contributed by atoms with Crippen LogP contribution in [0.2, 0.25) is 0 Å². The molecule has 6 aliphatic rings. The summed E-state index contributed by atoms with van der Waals surface area (Å²) >= 11 is 0. The summed E-state index contributed by atoms with van der Waals surface area (Å²) in [5.41, 5.74) is 11.7. The van der Waals surface area contributed by atoms with Crippen molar-refractivity contribution in [3.05, 3.63) is 83.6 Å². The number of nitrogens with one attached hydrogen (secondary N) is 4. The lowest BCUT2D eigenvalue weighted by Gasteiger charge is -2.37. The van der Waals surface area contributed by atoms with E-state index in [-0.39, 0.29) is 47.8 Å². The van der Waals surface area contributed by atoms with E-state index in [1.807, 2.05) is 43.7 Å². The highest BCUT2D eigenvalue weighted by Crippen LogP contribution is 2.59. The van der Waals surface area contributed by atoms with Crippen LogP contribution in [-0.2, 0) is 19.1 Å². The molecule has 2 aliphatic heterocycles. The molecule has 4 N–H and O–H groups in total. The summed E-state index contributed by atoms with van der Waals surface area (Å²) in [4.78, 5) is 74.1. The molecule has 14 nitrogen and oxygen atoms in total. The molecular weight excluding hydrogens is 845 g/mol. The lowest BCUT2D eigenvalue weighted by atomic mass is 9.81. The summed E-state index contributed by atoms with van der Waals surface area (Å²) < 4.78 is 9.75. The van der Waals surface area contributed by atoms with Gasteiger partial charge in [0.2, 0.25) is 11.8 Å². The van der Waals surface area contributed by atoms with Crippen LogP contribution in [-0.4, -0.2) is 92.1 Å². The second-order valence-corrected chi connectivity index (χ2v) is 20.9. The van der Waals surface area contributed by atoms with Gasteiger partial charge >= 0.3 is 12.2 Å². The Morgan fingerprint density at radius 3 is 1.70 bits per heavy atom. The third-order valence-electron chi connectivity index (χ3n) is 16.5. The minimum absolute atomic E-state index is 0.0742. The molecule has 6 bridgehead atoms. The number of fused-ring (bicyclic) bond motifs is 10. The average Bonchev–Trinajstić information content (AvgIpc) is 4.21.